The second-order valence-electron chi connectivity index (χ2n) is 8.83. The first-order valence-corrected chi connectivity index (χ1v) is 13.0. The van der Waals surface area contributed by atoms with Gasteiger partial charge in [-0.25, -0.2) is 18.1 Å². The van der Waals surface area contributed by atoms with Crippen LogP contribution in [-0.2, 0) is 21.3 Å². The van der Waals surface area contributed by atoms with Gasteiger partial charge in [0, 0.05) is 44.5 Å². The third-order valence-electron chi connectivity index (χ3n) is 6.49. The zero-order valence-electron chi connectivity index (χ0n) is 18.8. The van der Waals surface area contributed by atoms with E-state index in [4.69, 9.17) is 4.74 Å². The predicted octanol–water partition coefficient (Wildman–Crippen LogP) is 3.03. The van der Waals surface area contributed by atoms with Crippen LogP contribution in [0.25, 0.3) is 0 Å². The van der Waals surface area contributed by atoms with E-state index >= 15 is 0 Å². The highest BCUT2D eigenvalue weighted by molar-refractivity contribution is 7.89. The van der Waals surface area contributed by atoms with Crippen molar-refractivity contribution in [2.45, 2.75) is 55.6 Å². The van der Waals surface area contributed by atoms with Crippen LogP contribution in [0, 0.1) is 0 Å². The second kappa shape index (κ2) is 10.7. The van der Waals surface area contributed by atoms with Crippen LogP contribution in [0.4, 0.5) is 5.82 Å². The van der Waals surface area contributed by atoms with Gasteiger partial charge in [0.1, 0.15) is 10.7 Å². The molecule has 4 rings (SSSR count). The van der Waals surface area contributed by atoms with Crippen molar-refractivity contribution >= 4 is 15.8 Å². The first-order chi connectivity index (χ1) is 15.5. The second-order valence-corrected chi connectivity index (χ2v) is 10.5. The summed E-state index contributed by atoms with van der Waals surface area (Å²) in [5, 5.41) is 0. The highest BCUT2D eigenvalue weighted by Gasteiger charge is 2.28. The number of sulfonamides is 1. The van der Waals surface area contributed by atoms with E-state index in [0.717, 1.165) is 64.2 Å². The topological polar surface area (TPSA) is 74.8 Å². The van der Waals surface area contributed by atoms with Crippen molar-refractivity contribution < 1.29 is 13.2 Å². The minimum absolute atomic E-state index is 0.0243. The molecule has 0 spiro atoms. The standard InChI is InChI=1S/C24H34N4O3S/c1-27(19-20-6-3-2-4-7-20)22-10-8-21(9-11-22)26-32(29,30)23-12-13-24(25-18-23)28-14-5-16-31-17-15-28/h2-4,6-7,12-13,18,21-22,26H,5,8-11,14-17,19H2,1H3/t21-,22-. The highest BCUT2D eigenvalue weighted by Crippen LogP contribution is 2.25. The van der Waals surface area contributed by atoms with E-state index in [9.17, 15) is 8.42 Å². The molecule has 8 heteroatoms. The van der Waals surface area contributed by atoms with Crippen molar-refractivity contribution in [3.8, 4) is 0 Å². The summed E-state index contributed by atoms with van der Waals surface area (Å²) in [6, 6.07) is 14.4. The number of ether oxygens (including phenoxy) is 1. The Hall–Kier alpha value is -2.00. The predicted molar refractivity (Wildman–Crippen MR) is 126 cm³/mol. The third kappa shape index (κ3) is 6.07. The van der Waals surface area contributed by atoms with Gasteiger partial charge in [0.15, 0.2) is 0 Å². The molecule has 1 aromatic carbocycles. The number of hydrogen-bond acceptors (Lipinski definition) is 6. The number of aromatic nitrogens is 1. The van der Waals surface area contributed by atoms with Crippen molar-refractivity contribution in [2.24, 2.45) is 0 Å². The van der Waals surface area contributed by atoms with Crippen LogP contribution < -0.4 is 9.62 Å². The Labute approximate surface area is 191 Å². The molecule has 2 heterocycles. The zero-order valence-corrected chi connectivity index (χ0v) is 19.6. The Morgan fingerprint density at radius 2 is 1.84 bits per heavy atom. The van der Waals surface area contributed by atoms with Crippen LogP contribution in [0.15, 0.2) is 53.6 Å². The summed E-state index contributed by atoms with van der Waals surface area (Å²) in [6.07, 6.45) is 6.11. The number of hydrogen-bond donors (Lipinski definition) is 1. The lowest BCUT2D eigenvalue weighted by molar-refractivity contribution is 0.152. The van der Waals surface area contributed by atoms with Crippen LogP contribution in [0.1, 0.15) is 37.7 Å². The molecule has 1 aliphatic heterocycles. The van der Waals surface area contributed by atoms with E-state index in [-0.39, 0.29) is 10.9 Å². The molecule has 0 amide bonds. The molecule has 174 valence electrons. The van der Waals surface area contributed by atoms with Crippen LogP contribution in [-0.4, -0.2) is 63.7 Å². The van der Waals surface area contributed by atoms with Crippen LogP contribution in [0.2, 0.25) is 0 Å². The Morgan fingerprint density at radius 1 is 1.06 bits per heavy atom. The third-order valence-corrected chi connectivity index (χ3v) is 8.00. The van der Waals surface area contributed by atoms with Crippen molar-refractivity contribution in [3.63, 3.8) is 0 Å². The first kappa shape index (κ1) is 23.2. The summed E-state index contributed by atoms with van der Waals surface area (Å²) in [5.74, 6) is 0.802. The van der Waals surface area contributed by atoms with Crippen molar-refractivity contribution in [2.75, 3.05) is 38.3 Å². The van der Waals surface area contributed by atoms with Gasteiger partial charge < -0.3 is 9.64 Å². The summed E-state index contributed by atoms with van der Waals surface area (Å²) in [5.41, 5.74) is 1.31. The molecule has 0 radical (unpaired) electrons. The van der Waals surface area contributed by atoms with E-state index in [0.29, 0.717) is 12.6 Å². The normalized spacial score (nSPS) is 22.6. The quantitative estimate of drug-likeness (QED) is 0.688. The van der Waals surface area contributed by atoms with Gasteiger partial charge in [0.05, 0.1) is 6.61 Å². The monoisotopic (exact) mass is 458 g/mol. The largest absolute Gasteiger partial charge is 0.380 e. The molecule has 32 heavy (non-hydrogen) atoms. The smallest absolute Gasteiger partial charge is 0.242 e. The Morgan fingerprint density at radius 3 is 2.56 bits per heavy atom. The molecule has 0 bridgehead atoms. The molecule has 1 N–H and O–H groups in total. The number of benzene rings is 1. The van der Waals surface area contributed by atoms with Gasteiger partial charge in [0.2, 0.25) is 10.0 Å². The number of nitrogens with zero attached hydrogens (tertiary/aromatic N) is 3. The van der Waals surface area contributed by atoms with Crippen LogP contribution in [0.3, 0.4) is 0 Å². The number of rotatable bonds is 7. The van der Waals surface area contributed by atoms with Gasteiger partial charge in [-0.15, -0.1) is 0 Å². The van der Waals surface area contributed by atoms with Crippen molar-refractivity contribution in [1.29, 1.82) is 0 Å². The van der Waals surface area contributed by atoms with E-state index < -0.39 is 10.0 Å². The maximum Gasteiger partial charge on any atom is 0.242 e. The number of pyridine rings is 1. The summed E-state index contributed by atoms with van der Waals surface area (Å²) < 4.78 is 34.2. The number of nitrogens with one attached hydrogen (secondary N) is 1. The van der Waals surface area contributed by atoms with E-state index in [1.165, 1.54) is 11.8 Å². The van der Waals surface area contributed by atoms with Gasteiger partial charge in [-0.3, -0.25) is 4.90 Å². The average Bonchev–Trinajstić information content (AvgIpc) is 3.10. The Balaban J connectivity index is 1.29. The minimum atomic E-state index is -3.57. The average molecular weight is 459 g/mol. The molecule has 1 aliphatic carbocycles. The molecule has 2 aromatic rings. The molecule has 7 nitrogen and oxygen atoms in total. The fourth-order valence-corrected chi connectivity index (χ4v) is 5.87. The highest BCUT2D eigenvalue weighted by atomic mass is 32.2. The molecular weight excluding hydrogens is 424 g/mol. The van der Waals surface area contributed by atoms with E-state index in [1.807, 2.05) is 6.07 Å². The lowest BCUT2D eigenvalue weighted by Gasteiger charge is -2.35. The maximum absolute atomic E-state index is 12.9. The van der Waals surface area contributed by atoms with Crippen LogP contribution in [0.5, 0.6) is 0 Å². The number of anilines is 1. The Bertz CT molecular complexity index is 937. The summed E-state index contributed by atoms with van der Waals surface area (Å²) in [4.78, 5) is 9.18. The van der Waals surface area contributed by atoms with Crippen LogP contribution >= 0.6 is 0 Å². The van der Waals surface area contributed by atoms with Gasteiger partial charge in [0.25, 0.3) is 0 Å². The molecule has 1 saturated carbocycles. The molecule has 0 atom stereocenters. The first-order valence-electron chi connectivity index (χ1n) is 11.6. The fraction of sp³-hybridized carbons (Fsp3) is 0.542. The van der Waals surface area contributed by atoms with Gasteiger partial charge in [-0.05, 0) is 56.8 Å². The molecule has 1 saturated heterocycles. The van der Waals surface area contributed by atoms with Gasteiger partial charge in [-0.1, -0.05) is 30.3 Å². The van der Waals surface area contributed by atoms with Crippen molar-refractivity contribution in [3.05, 3.63) is 54.2 Å². The molecule has 1 aromatic heterocycles. The molecular formula is C24H34N4O3S. The summed E-state index contributed by atoms with van der Waals surface area (Å²) >= 11 is 0. The lowest BCUT2D eigenvalue weighted by atomic mass is 9.91. The molecule has 2 aliphatic rings. The van der Waals surface area contributed by atoms with E-state index in [1.54, 1.807) is 12.1 Å². The molecule has 0 unspecified atom stereocenters. The summed E-state index contributed by atoms with van der Waals surface area (Å²) in [6.45, 7) is 4.01. The van der Waals surface area contributed by atoms with Gasteiger partial charge >= 0.3 is 0 Å². The van der Waals surface area contributed by atoms with E-state index in [2.05, 4.69) is 50.8 Å². The lowest BCUT2D eigenvalue weighted by Crippen LogP contribution is -2.42. The minimum Gasteiger partial charge on any atom is -0.380 e. The fourth-order valence-electron chi connectivity index (χ4n) is 4.62. The zero-order chi connectivity index (χ0) is 22.4. The maximum atomic E-state index is 12.9. The Kier molecular flexibility index (Phi) is 7.78. The molecule has 2 fully saturated rings. The SMILES string of the molecule is CN(Cc1ccccc1)[C@H]1CC[C@H](NS(=O)(=O)c2ccc(N3CCCOCC3)nc2)CC1. The summed E-state index contributed by atoms with van der Waals surface area (Å²) in [7, 11) is -1.41. The van der Waals surface area contributed by atoms with Crippen molar-refractivity contribution in [1.82, 2.24) is 14.6 Å². The van der Waals surface area contributed by atoms with Gasteiger partial charge in [-0.2, -0.15) is 0 Å².